The van der Waals surface area contributed by atoms with Crippen molar-refractivity contribution in [3.05, 3.63) is 29.8 Å². The van der Waals surface area contributed by atoms with E-state index in [0.29, 0.717) is 13.0 Å². The third-order valence-corrected chi connectivity index (χ3v) is 8.36. The van der Waals surface area contributed by atoms with Gasteiger partial charge in [0.15, 0.2) is 9.84 Å². The van der Waals surface area contributed by atoms with Crippen LogP contribution < -0.4 is 4.74 Å². The lowest BCUT2D eigenvalue weighted by molar-refractivity contribution is -0.139. The Morgan fingerprint density at radius 1 is 1.10 bits per heavy atom. The van der Waals surface area contributed by atoms with Crippen molar-refractivity contribution in [1.82, 2.24) is 4.90 Å². The standard InChI is InChI=1S/C23H35NO4S/c1-3-4-5-18-6-10-20(11-7-18)23(25)24(21-14-15-29(26,27)17-21)16-19-8-12-22(28-2)13-9-19/h8-9,12-13,18,20-21H,3-7,10-11,14-17H2,1-2H3/t18?,20?,21-/m1/s1. The van der Waals surface area contributed by atoms with Gasteiger partial charge in [-0.1, -0.05) is 38.3 Å². The zero-order valence-electron chi connectivity index (χ0n) is 17.8. The molecule has 1 saturated heterocycles. The topological polar surface area (TPSA) is 63.7 Å². The number of rotatable bonds is 8. The molecule has 2 fully saturated rings. The molecule has 1 saturated carbocycles. The molecular weight excluding hydrogens is 386 g/mol. The molecule has 1 amide bonds. The molecule has 0 aromatic heterocycles. The highest BCUT2D eigenvalue weighted by atomic mass is 32.2. The summed E-state index contributed by atoms with van der Waals surface area (Å²) >= 11 is 0. The lowest BCUT2D eigenvalue weighted by Gasteiger charge is -2.35. The van der Waals surface area contributed by atoms with E-state index in [2.05, 4.69) is 6.92 Å². The van der Waals surface area contributed by atoms with Crippen LogP contribution >= 0.6 is 0 Å². The van der Waals surface area contributed by atoms with Gasteiger partial charge in [-0.2, -0.15) is 0 Å². The minimum Gasteiger partial charge on any atom is -0.497 e. The summed E-state index contributed by atoms with van der Waals surface area (Å²) in [4.78, 5) is 15.3. The van der Waals surface area contributed by atoms with Gasteiger partial charge in [0.25, 0.3) is 0 Å². The van der Waals surface area contributed by atoms with Gasteiger partial charge in [-0.3, -0.25) is 4.79 Å². The first kappa shape index (κ1) is 22.1. The monoisotopic (exact) mass is 421 g/mol. The number of hydrogen-bond acceptors (Lipinski definition) is 4. The summed E-state index contributed by atoms with van der Waals surface area (Å²) in [5, 5.41) is 0. The normalized spacial score (nSPS) is 26.2. The maximum atomic E-state index is 13.5. The van der Waals surface area contributed by atoms with Crippen LogP contribution in [0.2, 0.25) is 0 Å². The molecule has 29 heavy (non-hydrogen) atoms. The summed E-state index contributed by atoms with van der Waals surface area (Å²) in [7, 11) is -1.41. The first-order valence-electron chi connectivity index (χ1n) is 11.1. The SMILES string of the molecule is CCCCC1CCC(C(=O)N(Cc2ccc(OC)cc2)[C@@H]2CCS(=O)(=O)C2)CC1. The fourth-order valence-electron chi connectivity index (χ4n) is 4.76. The van der Waals surface area contributed by atoms with E-state index in [1.54, 1.807) is 7.11 Å². The van der Waals surface area contributed by atoms with Crippen LogP contribution in [0.1, 0.15) is 63.9 Å². The lowest BCUT2D eigenvalue weighted by atomic mass is 9.79. The van der Waals surface area contributed by atoms with Gasteiger partial charge in [-0.05, 0) is 55.7 Å². The molecular formula is C23H35NO4S. The number of carbonyl (C=O) groups excluding carboxylic acids is 1. The molecule has 0 unspecified atom stereocenters. The van der Waals surface area contributed by atoms with Gasteiger partial charge in [0.05, 0.1) is 18.6 Å². The summed E-state index contributed by atoms with van der Waals surface area (Å²) < 4.78 is 29.4. The summed E-state index contributed by atoms with van der Waals surface area (Å²) in [6.45, 7) is 2.70. The Labute approximate surface area is 175 Å². The van der Waals surface area contributed by atoms with Crippen molar-refractivity contribution in [2.75, 3.05) is 18.6 Å². The van der Waals surface area contributed by atoms with Crippen LogP contribution in [0, 0.1) is 11.8 Å². The highest BCUT2D eigenvalue weighted by molar-refractivity contribution is 7.91. The summed E-state index contributed by atoms with van der Waals surface area (Å²) in [6, 6.07) is 7.51. The molecule has 1 heterocycles. The predicted molar refractivity (Wildman–Crippen MR) is 116 cm³/mol. The third-order valence-electron chi connectivity index (χ3n) is 6.61. The van der Waals surface area contributed by atoms with E-state index in [1.807, 2.05) is 29.2 Å². The number of nitrogens with zero attached hydrogens (tertiary/aromatic N) is 1. The maximum absolute atomic E-state index is 13.5. The van der Waals surface area contributed by atoms with Crippen LogP contribution in [-0.2, 0) is 21.2 Å². The number of hydrogen-bond donors (Lipinski definition) is 0. The molecule has 5 nitrogen and oxygen atoms in total. The second kappa shape index (κ2) is 9.96. The van der Waals surface area contributed by atoms with E-state index in [-0.39, 0.29) is 29.4 Å². The van der Waals surface area contributed by atoms with Gasteiger partial charge in [-0.15, -0.1) is 0 Å². The Hall–Kier alpha value is -1.56. The van der Waals surface area contributed by atoms with E-state index in [1.165, 1.54) is 19.3 Å². The van der Waals surface area contributed by atoms with Crippen molar-refractivity contribution < 1.29 is 17.9 Å². The van der Waals surface area contributed by atoms with Gasteiger partial charge < -0.3 is 9.64 Å². The molecule has 162 valence electrons. The van der Waals surface area contributed by atoms with Crippen LogP contribution in [0.3, 0.4) is 0 Å². The summed E-state index contributed by atoms with van der Waals surface area (Å²) in [6.07, 6.45) is 8.43. The molecule has 0 bridgehead atoms. The first-order chi connectivity index (χ1) is 13.9. The van der Waals surface area contributed by atoms with Crippen molar-refractivity contribution in [2.24, 2.45) is 11.8 Å². The highest BCUT2D eigenvalue weighted by Crippen LogP contribution is 2.34. The van der Waals surface area contributed by atoms with E-state index in [9.17, 15) is 13.2 Å². The Morgan fingerprint density at radius 2 is 1.79 bits per heavy atom. The number of unbranched alkanes of at least 4 members (excludes halogenated alkanes) is 1. The molecule has 1 aromatic carbocycles. The minimum absolute atomic E-state index is 0.0365. The van der Waals surface area contributed by atoms with E-state index < -0.39 is 9.84 Å². The average molecular weight is 422 g/mol. The predicted octanol–water partition coefficient (Wildman–Crippen LogP) is 4.21. The van der Waals surface area contributed by atoms with Crippen LogP contribution in [-0.4, -0.2) is 43.9 Å². The number of ether oxygens (including phenoxy) is 1. The minimum atomic E-state index is -3.04. The Kier molecular flexibility index (Phi) is 7.60. The van der Waals surface area contributed by atoms with E-state index >= 15 is 0 Å². The molecule has 6 heteroatoms. The molecule has 0 spiro atoms. The largest absolute Gasteiger partial charge is 0.497 e. The maximum Gasteiger partial charge on any atom is 0.226 e. The van der Waals surface area contributed by atoms with E-state index in [0.717, 1.165) is 42.9 Å². The Balaban J connectivity index is 1.69. The van der Waals surface area contributed by atoms with Crippen molar-refractivity contribution >= 4 is 15.7 Å². The Morgan fingerprint density at radius 3 is 2.34 bits per heavy atom. The molecule has 1 atom stereocenters. The molecule has 1 aromatic rings. The van der Waals surface area contributed by atoms with Crippen molar-refractivity contribution in [1.29, 1.82) is 0 Å². The van der Waals surface area contributed by atoms with Gasteiger partial charge >= 0.3 is 0 Å². The smallest absolute Gasteiger partial charge is 0.226 e. The number of benzene rings is 1. The van der Waals surface area contributed by atoms with Crippen LogP contribution in [0.25, 0.3) is 0 Å². The van der Waals surface area contributed by atoms with E-state index in [4.69, 9.17) is 4.74 Å². The number of methoxy groups -OCH3 is 1. The second-order valence-electron chi connectivity index (χ2n) is 8.73. The number of amides is 1. The number of carbonyl (C=O) groups is 1. The number of sulfone groups is 1. The lowest BCUT2D eigenvalue weighted by Crippen LogP contribution is -2.44. The molecule has 1 aliphatic heterocycles. The highest BCUT2D eigenvalue weighted by Gasteiger charge is 2.38. The molecule has 2 aliphatic rings. The summed E-state index contributed by atoms with van der Waals surface area (Å²) in [5.74, 6) is 2.00. The first-order valence-corrected chi connectivity index (χ1v) is 12.9. The summed E-state index contributed by atoms with van der Waals surface area (Å²) in [5.41, 5.74) is 1.01. The van der Waals surface area contributed by atoms with Crippen LogP contribution in [0.15, 0.2) is 24.3 Å². The zero-order chi connectivity index (χ0) is 20.9. The molecule has 1 aliphatic carbocycles. The molecule has 3 rings (SSSR count). The van der Waals surface area contributed by atoms with Crippen LogP contribution in [0.5, 0.6) is 5.75 Å². The van der Waals surface area contributed by atoms with Crippen molar-refractivity contribution in [2.45, 2.75) is 70.9 Å². The fourth-order valence-corrected chi connectivity index (χ4v) is 6.49. The molecule has 0 N–H and O–H groups in total. The van der Waals surface area contributed by atoms with Gasteiger partial charge in [-0.25, -0.2) is 8.42 Å². The average Bonchev–Trinajstić information content (AvgIpc) is 3.10. The zero-order valence-corrected chi connectivity index (χ0v) is 18.6. The fraction of sp³-hybridized carbons (Fsp3) is 0.696. The third kappa shape index (κ3) is 5.97. The second-order valence-corrected chi connectivity index (χ2v) is 11.0. The van der Waals surface area contributed by atoms with Crippen molar-refractivity contribution in [3.63, 3.8) is 0 Å². The quantitative estimate of drug-likeness (QED) is 0.631. The van der Waals surface area contributed by atoms with Gasteiger partial charge in [0.2, 0.25) is 5.91 Å². The van der Waals surface area contributed by atoms with Crippen molar-refractivity contribution in [3.8, 4) is 5.75 Å². The molecule has 0 radical (unpaired) electrons. The van der Waals surface area contributed by atoms with Gasteiger partial charge in [0, 0.05) is 18.5 Å². The van der Waals surface area contributed by atoms with Crippen LogP contribution in [0.4, 0.5) is 0 Å². The Bertz CT molecular complexity index is 767. The van der Waals surface area contributed by atoms with Gasteiger partial charge in [0.1, 0.15) is 5.75 Å².